The summed E-state index contributed by atoms with van der Waals surface area (Å²) in [6.07, 6.45) is 4.28. The molecule has 3 rings (SSSR count). The van der Waals surface area contributed by atoms with Gasteiger partial charge in [0.2, 0.25) is 11.6 Å². The highest BCUT2D eigenvalue weighted by Gasteiger charge is 2.23. The number of hydrazine groups is 1. The van der Waals surface area contributed by atoms with Crippen LogP contribution in [0.25, 0.3) is 0 Å². The number of halogens is 1. The molecule has 1 heterocycles. The van der Waals surface area contributed by atoms with Gasteiger partial charge in [-0.15, -0.1) is 0 Å². The minimum absolute atomic E-state index is 0.0279. The van der Waals surface area contributed by atoms with E-state index in [0.717, 1.165) is 37.7 Å². The zero-order chi connectivity index (χ0) is 22.2. The van der Waals surface area contributed by atoms with E-state index < -0.39 is 22.3 Å². The first-order valence-corrected chi connectivity index (χ1v) is 9.65. The zero-order valence-electron chi connectivity index (χ0n) is 16.8. The molecule has 160 valence electrons. The molecule has 3 aromatic rings. The summed E-state index contributed by atoms with van der Waals surface area (Å²) in [5, 5.41) is 14.6. The maximum absolute atomic E-state index is 13.0. The van der Waals surface area contributed by atoms with Gasteiger partial charge < -0.3 is 5.32 Å². The smallest absolute Gasteiger partial charge is 0.334 e. The topological polar surface area (TPSA) is 122 Å². The van der Waals surface area contributed by atoms with Gasteiger partial charge in [0.15, 0.2) is 0 Å². The van der Waals surface area contributed by atoms with E-state index in [1.54, 1.807) is 0 Å². The summed E-state index contributed by atoms with van der Waals surface area (Å²) in [5.74, 6) is -1.31. The summed E-state index contributed by atoms with van der Waals surface area (Å²) in [4.78, 5) is 31.0. The molecule has 3 N–H and O–H groups in total. The summed E-state index contributed by atoms with van der Waals surface area (Å²) in [6.45, 7) is 2.12. The van der Waals surface area contributed by atoms with Crippen molar-refractivity contribution in [3.05, 3.63) is 81.9 Å². The highest BCUT2D eigenvalue weighted by molar-refractivity contribution is 5.95. The summed E-state index contributed by atoms with van der Waals surface area (Å²) in [6, 6.07) is 12.4. The predicted octanol–water partition coefficient (Wildman–Crippen LogP) is 4.37. The summed E-state index contributed by atoms with van der Waals surface area (Å²) < 4.78 is 13.0. The van der Waals surface area contributed by atoms with Gasteiger partial charge in [0.1, 0.15) is 12.1 Å². The Morgan fingerprint density at radius 2 is 1.74 bits per heavy atom. The van der Waals surface area contributed by atoms with Crippen molar-refractivity contribution in [1.29, 1.82) is 0 Å². The largest absolute Gasteiger partial charge is 0.355 e. The first-order chi connectivity index (χ1) is 15.0. The molecular weight excluding hydrogens is 403 g/mol. The van der Waals surface area contributed by atoms with Gasteiger partial charge in [0.05, 0.1) is 4.92 Å². The highest BCUT2D eigenvalue weighted by Crippen LogP contribution is 2.30. The normalized spacial score (nSPS) is 10.4. The summed E-state index contributed by atoms with van der Waals surface area (Å²) in [7, 11) is 0. The van der Waals surface area contributed by atoms with E-state index in [4.69, 9.17) is 0 Å². The fraction of sp³-hybridized carbons (Fsp3) is 0.190. The third kappa shape index (κ3) is 5.72. The maximum atomic E-state index is 13.0. The number of nitro groups is 1. The lowest BCUT2D eigenvalue weighted by molar-refractivity contribution is -0.383. The number of aromatic nitrogens is 2. The Morgan fingerprint density at radius 3 is 2.39 bits per heavy atom. The van der Waals surface area contributed by atoms with Crippen LogP contribution in [-0.2, 0) is 6.42 Å². The Balaban J connectivity index is 1.75. The third-order valence-electron chi connectivity index (χ3n) is 4.44. The Labute approximate surface area is 177 Å². The van der Waals surface area contributed by atoms with Crippen molar-refractivity contribution in [2.75, 3.05) is 10.7 Å². The summed E-state index contributed by atoms with van der Waals surface area (Å²) in [5.41, 5.74) is 6.30. The number of nitrogens with zero attached hydrogens (tertiary/aromatic N) is 3. The molecule has 9 nitrogen and oxygen atoms in total. The number of benzene rings is 2. The van der Waals surface area contributed by atoms with Crippen LogP contribution in [0.4, 0.5) is 27.4 Å². The van der Waals surface area contributed by atoms with E-state index in [9.17, 15) is 19.3 Å². The molecule has 0 aliphatic carbocycles. The number of aryl methyl sites for hydroxylation is 1. The Hall–Kier alpha value is -4.08. The number of amides is 1. The number of hydrogen-bond donors (Lipinski definition) is 3. The molecule has 0 saturated heterocycles. The molecule has 0 atom stereocenters. The van der Waals surface area contributed by atoms with Gasteiger partial charge in [-0.3, -0.25) is 25.8 Å². The van der Waals surface area contributed by atoms with Crippen molar-refractivity contribution in [1.82, 2.24) is 15.4 Å². The minimum Gasteiger partial charge on any atom is -0.334 e. The number of rotatable bonds is 9. The van der Waals surface area contributed by atoms with Crippen molar-refractivity contribution in [3.63, 3.8) is 0 Å². The molecule has 0 aliphatic heterocycles. The first kappa shape index (κ1) is 21.6. The zero-order valence-corrected chi connectivity index (χ0v) is 16.8. The molecule has 0 saturated carbocycles. The summed E-state index contributed by atoms with van der Waals surface area (Å²) >= 11 is 0. The van der Waals surface area contributed by atoms with Gasteiger partial charge in [0.25, 0.3) is 5.91 Å². The van der Waals surface area contributed by atoms with Gasteiger partial charge in [-0.1, -0.05) is 25.5 Å². The molecule has 0 spiro atoms. The van der Waals surface area contributed by atoms with Crippen LogP contribution in [0.5, 0.6) is 0 Å². The van der Waals surface area contributed by atoms with Crippen molar-refractivity contribution < 1.29 is 14.1 Å². The van der Waals surface area contributed by atoms with E-state index in [0.29, 0.717) is 5.69 Å². The molecule has 1 aromatic heterocycles. The number of nitrogens with one attached hydrogen (secondary N) is 3. The minimum atomic E-state index is -0.648. The molecule has 0 unspecified atom stereocenters. The SMILES string of the molecule is CCCCc1ccc(Nc2ncnc(NNC(=O)c3ccc(F)cc3)c2[N+](=O)[O-])cc1. The second-order valence-electron chi connectivity index (χ2n) is 6.69. The first-order valence-electron chi connectivity index (χ1n) is 9.65. The highest BCUT2D eigenvalue weighted by atomic mass is 19.1. The maximum Gasteiger partial charge on any atom is 0.355 e. The number of anilines is 3. The fourth-order valence-corrected chi connectivity index (χ4v) is 2.80. The van der Waals surface area contributed by atoms with Crippen molar-refractivity contribution in [2.24, 2.45) is 0 Å². The van der Waals surface area contributed by atoms with E-state index in [-0.39, 0.29) is 17.2 Å². The monoisotopic (exact) mass is 424 g/mol. The van der Waals surface area contributed by atoms with Crippen LogP contribution in [0.3, 0.4) is 0 Å². The second-order valence-corrected chi connectivity index (χ2v) is 6.69. The quantitative estimate of drug-likeness (QED) is 0.344. The number of hydrogen-bond acceptors (Lipinski definition) is 7. The molecule has 0 fully saturated rings. The van der Waals surface area contributed by atoms with Crippen molar-refractivity contribution in [2.45, 2.75) is 26.2 Å². The lowest BCUT2D eigenvalue weighted by Gasteiger charge is -2.11. The lowest BCUT2D eigenvalue weighted by atomic mass is 10.1. The van der Waals surface area contributed by atoms with Gasteiger partial charge in [-0.2, -0.15) is 0 Å². The fourth-order valence-electron chi connectivity index (χ4n) is 2.80. The van der Waals surface area contributed by atoms with Gasteiger partial charge >= 0.3 is 5.69 Å². The lowest BCUT2D eigenvalue weighted by Crippen LogP contribution is -2.30. The molecule has 0 aliphatic rings. The number of carbonyl (C=O) groups is 1. The van der Waals surface area contributed by atoms with E-state index in [1.165, 1.54) is 17.7 Å². The van der Waals surface area contributed by atoms with Crippen LogP contribution in [0.15, 0.2) is 54.9 Å². The van der Waals surface area contributed by atoms with Crippen LogP contribution in [-0.4, -0.2) is 20.8 Å². The molecule has 0 bridgehead atoms. The number of carbonyl (C=O) groups excluding carboxylic acids is 1. The van der Waals surface area contributed by atoms with Crippen molar-refractivity contribution >= 4 is 28.9 Å². The molecule has 10 heteroatoms. The molecule has 0 radical (unpaired) electrons. The van der Waals surface area contributed by atoms with Crippen LogP contribution in [0, 0.1) is 15.9 Å². The standard InChI is InChI=1S/C21H21FN6O3/c1-2-3-4-14-5-11-17(12-6-14)25-19-18(28(30)31)20(24-13-23-19)26-27-21(29)15-7-9-16(22)10-8-15/h5-13H,2-4H2,1H3,(H,27,29)(H2,23,24,25,26). The third-order valence-corrected chi connectivity index (χ3v) is 4.44. The van der Waals surface area contributed by atoms with Crippen LogP contribution < -0.4 is 16.2 Å². The van der Waals surface area contributed by atoms with Crippen LogP contribution in [0.1, 0.15) is 35.7 Å². The van der Waals surface area contributed by atoms with Crippen molar-refractivity contribution in [3.8, 4) is 0 Å². The second kappa shape index (κ2) is 10.1. The Morgan fingerprint density at radius 1 is 1.06 bits per heavy atom. The molecular formula is C21H21FN6O3. The van der Waals surface area contributed by atoms with E-state index in [2.05, 4.69) is 33.1 Å². The molecule has 1 amide bonds. The van der Waals surface area contributed by atoms with Gasteiger partial charge in [-0.25, -0.2) is 14.4 Å². The van der Waals surface area contributed by atoms with E-state index >= 15 is 0 Å². The Bertz CT molecular complexity index is 1060. The average Bonchev–Trinajstić information content (AvgIpc) is 2.77. The average molecular weight is 424 g/mol. The number of unbranched alkanes of at least 4 members (excludes halogenated alkanes) is 1. The molecule has 2 aromatic carbocycles. The van der Waals surface area contributed by atoms with Crippen LogP contribution >= 0.6 is 0 Å². The predicted molar refractivity (Wildman–Crippen MR) is 115 cm³/mol. The van der Waals surface area contributed by atoms with Gasteiger partial charge in [0, 0.05) is 11.3 Å². The molecule has 31 heavy (non-hydrogen) atoms. The Kier molecular flexibility index (Phi) is 7.05. The van der Waals surface area contributed by atoms with E-state index in [1.807, 2.05) is 24.3 Å². The van der Waals surface area contributed by atoms with Gasteiger partial charge in [-0.05, 0) is 54.8 Å². The van der Waals surface area contributed by atoms with Crippen LogP contribution in [0.2, 0.25) is 0 Å².